The minimum Gasteiger partial charge on any atom is -0.438 e. The number of aromatic amines is 1. The van der Waals surface area contributed by atoms with E-state index in [-0.39, 0.29) is 50.6 Å². The Balaban J connectivity index is 1.99. The van der Waals surface area contributed by atoms with Crippen LogP contribution in [0.3, 0.4) is 0 Å². The van der Waals surface area contributed by atoms with Gasteiger partial charge in [-0.2, -0.15) is 13.2 Å². The van der Waals surface area contributed by atoms with Crippen molar-refractivity contribution in [1.82, 2.24) is 15.0 Å². The number of nitrogens with two attached hydrogens (primary N) is 1. The summed E-state index contributed by atoms with van der Waals surface area (Å²) in [6.45, 7) is 2.39. The van der Waals surface area contributed by atoms with Crippen molar-refractivity contribution >= 4 is 10.9 Å². The van der Waals surface area contributed by atoms with Crippen molar-refractivity contribution in [3.05, 3.63) is 80.9 Å². The third-order valence-electron chi connectivity index (χ3n) is 5.43. The summed E-state index contributed by atoms with van der Waals surface area (Å²) in [6, 6.07) is 4.28. The highest BCUT2D eigenvalue weighted by molar-refractivity contribution is 5.85. The lowest BCUT2D eigenvalue weighted by Crippen LogP contribution is -2.16. The van der Waals surface area contributed by atoms with Gasteiger partial charge in [0.1, 0.15) is 12.0 Å². The van der Waals surface area contributed by atoms with Gasteiger partial charge in [-0.1, -0.05) is 0 Å². The van der Waals surface area contributed by atoms with Crippen LogP contribution in [-0.4, -0.2) is 20.1 Å². The Bertz CT molecular complexity index is 1520. The maximum absolute atomic E-state index is 14.0. The number of H-pyrrole nitrogens is 1. The van der Waals surface area contributed by atoms with Crippen molar-refractivity contribution in [2.24, 2.45) is 5.73 Å². The van der Waals surface area contributed by atoms with Gasteiger partial charge in [0.05, 0.1) is 33.4 Å². The molecule has 1 unspecified atom stereocenters. The molecule has 0 aliphatic heterocycles. The Kier molecular flexibility index (Phi) is 6.03. The summed E-state index contributed by atoms with van der Waals surface area (Å²) < 4.78 is 74.1. The molecule has 4 rings (SSSR count). The summed E-state index contributed by atoms with van der Waals surface area (Å²) in [6.07, 6.45) is -4.54. The maximum atomic E-state index is 14.0. The van der Waals surface area contributed by atoms with Gasteiger partial charge in [0.25, 0.3) is 0 Å². The second-order valence-corrected chi connectivity index (χ2v) is 7.67. The smallest absolute Gasteiger partial charge is 0.418 e. The molecule has 0 aliphatic carbocycles. The summed E-state index contributed by atoms with van der Waals surface area (Å²) in [5.74, 6) is -2.88. The van der Waals surface area contributed by atoms with E-state index in [0.717, 1.165) is 25.1 Å². The zero-order valence-electron chi connectivity index (χ0n) is 18.2. The molecule has 0 aliphatic rings. The third-order valence-corrected chi connectivity index (χ3v) is 5.43. The van der Waals surface area contributed by atoms with E-state index < -0.39 is 35.0 Å². The summed E-state index contributed by atoms with van der Waals surface area (Å²) in [7, 11) is 0. The summed E-state index contributed by atoms with van der Waals surface area (Å²) >= 11 is 0. The number of nitrogens with one attached hydrogen (secondary N) is 1. The molecule has 1 aromatic carbocycles. The van der Waals surface area contributed by atoms with Crippen LogP contribution in [0.1, 0.15) is 28.6 Å². The number of hydrogen-bond donors (Lipinski definition) is 3. The van der Waals surface area contributed by atoms with Crippen molar-refractivity contribution in [1.29, 1.82) is 0 Å². The Morgan fingerprint density at radius 2 is 1.83 bits per heavy atom. The molecule has 0 spiro atoms. The van der Waals surface area contributed by atoms with Crippen LogP contribution in [0, 0.1) is 25.5 Å². The predicted molar refractivity (Wildman–Crippen MR) is 116 cm³/mol. The SMILES string of the molecule is Cc1c(Oc2ncc(C(F)(F)F)c(C)c2-c2cc(=O)c3c(C(N)O)nccc3[nH]2)ccc(F)c1F. The number of alkyl halides is 3. The van der Waals surface area contributed by atoms with Gasteiger partial charge in [-0.3, -0.25) is 9.78 Å². The minimum absolute atomic E-state index is 0.0530. The predicted octanol–water partition coefficient (Wildman–Crippen LogP) is 4.64. The topological polar surface area (TPSA) is 114 Å². The summed E-state index contributed by atoms with van der Waals surface area (Å²) in [4.78, 5) is 23.4. The van der Waals surface area contributed by atoms with E-state index in [1.54, 1.807) is 0 Å². The number of aliphatic hydroxyl groups excluding tert-OH is 1. The van der Waals surface area contributed by atoms with Crippen LogP contribution in [-0.2, 0) is 6.18 Å². The van der Waals surface area contributed by atoms with Crippen molar-refractivity contribution in [2.75, 3.05) is 0 Å². The maximum Gasteiger partial charge on any atom is 0.418 e. The molecule has 4 N–H and O–H groups in total. The van der Waals surface area contributed by atoms with E-state index in [2.05, 4.69) is 15.0 Å². The minimum atomic E-state index is -4.78. The number of benzene rings is 1. The fourth-order valence-electron chi connectivity index (χ4n) is 3.69. The number of halogens is 5. The lowest BCUT2D eigenvalue weighted by atomic mass is 10.0. The van der Waals surface area contributed by atoms with Gasteiger partial charge in [0.2, 0.25) is 5.88 Å². The number of fused-ring (bicyclic) bond motifs is 1. The molecule has 0 radical (unpaired) electrons. The van der Waals surface area contributed by atoms with E-state index in [1.165, 1.54) is 19.2 Å². The highest BCUT2D eigenvalue weighted by atomic mass is 19.4. The molecule has 35 heavy (non-hydrogen) atoms. The largest absolute Gasteiger partial charge is 0.438 e. The zero-order valence-corrected chi connectivity index (χ0v) is 18.2. The van der Waals surface area contributed by atoms with Crippen LogP contribution in [0.25, 0.3) is 22.2 Å². The Hall–Kier alpha value is -3.90. The monoisotopic (exact) mass is 492 g/mol. The van der Waals surface area contributed by atoms with Gasteiger partial charge in [-0.15, -0.1) is 0 Å². The normalized spacial score (nSPS) is 12.7. The lowest BCUT2D eigenvalue weighted by molar-refractivity contribution is -0.138. The molecule has 3 heterocycles. The average molecular weight is 492 g/mol. The molecule has 1 atom stereocenters. The number of hydrogen-bond acceptors (Lipinski definition) is 6. The molecule has 4 aromatic rings. The molecule has 12 heteroatoms. The number of aromatic nitrogens is 3. The highest BCUT2D eigenvalue weighted by Crippen LogP contribution is 2.41. The molecule has 3 aromatic heterocycles. The molecule has 0 fully saturated rings. The van der Waals surface area contributed by atoms with Gasteiger partial charge >= 0.3 is 6.18 Å². The van der Waals surface area contributed by atoms with Crippen molar-refractivity contribution in [2.45, 2.75) is 26.3 Å². The Labute approximate surface area is 194 Å². The fraction of sp³-hybridized carbons (Fsp3) is 0.174. The van der Waals surface area contributed by atoms with Gasteiger partial charge in [0.15, 0.2) is 17.1 Å². The first-order chi connectivity index (χ1) is 16.4. The third kappa shape index (κ3) is 4.33. The first-order valence-electron chi connectivity index (χ1n) is 10.0. The van der Waals surface area contributed by atoms with Gasteiger partial charge in [-0.05, 0) is 37.6 Å². The van der Waals surface area contributed by atoms with E-state index in [9.17, 15) is 31.9 Å². The number of rotatable bonds is 4. The van der Waals surface area contributed by atoms with Crippen LogP contribution in [0.4, 0.5) is 22.0 Å². The highest BCUT2D eigenvalue weighted by Gasteiger charge is 2.35. The Morgan fingerprint density at radius 1 is 1.11 bits per heavy atom. The van der Waals surface area contributed by atoms with E-state index >= 15 is 0 Å². The van der Waals surface area contributed by atoms with Gasteiger partial charge < -0.3 is 20.6 Å². The molecule has 7 nitrogen and oxygen atoms in total. The van der Waals surface area contributed by atoms with Crippen LogP contribution in [0.2, 0.25) is 0 Å². The van der Waals surface area contributed by atoms with E-state index in [4.69, 9.17) is 10.5 Å². The molecule has 0 saturated heterocycles. The molecule has 182 valence electrons. The van der Waals surface area contributed by atoms with Crippen molar-refractivity contribution < 1.29 is 31.8 Å². The Morgan fingerprint density at radius 3 is 2.49 bits per heavy atom. The van der Waals surface area contributed by atoms with Crippen LogP contribution in [0.5, 0.6) is 11.6 Å². The van der Waals surface area contributed by atoms with Crippen molar-refractivity contribution in [3.63, 3.8) is 0 Å². The number of aliphatic hydroxyl groups is 1. The van der Waals surface area contributed by atoms with E-state index in [0.29, 0.717) is 6.20 Å². The van der Waals surface area contributed by atoms with Crippen LogP contribution >= 0.6 is 0 Å². The fourth-order valence-corrected chi connectivity index (χ4v) is 3.69. The number of pyridine rings is 3. The zero-order chi connectivity index (χ0) is 25.7. The van der Waals surface area contributed by atoms with Gasteiger partial charge in [-0.25, -0.2) is 13.8 Å². The van der Waals surface area contributed by atoms with Crippen LogP contribution < -0.4 is 15.9 Å². The van der Waals surface area contributed by atoms with E-state index in [1.807, 2.05) is 0 Å². The van der Waals surface area contributed by atoms with Crippen molar-refractivity contribution in [3.8, 4) is 22.9 Å². The number of nitrogens with zero attached hydrogens (tertiary/aromatic N) is 2. The summed E-state index contributed by atoms with van der Waals surface area (Å²) in [5, 5.41) is 9.68. The van der Waals surface area contributed by atoms with Crippen LogP contribution in [0.15, 0.2) is 41.5 Å². The molecular weight excluding hydrogens is 475 g/mol. The molecule has 0 amide bonds. The average Bonchev–Trinajstić information content (AvgIpc) is 2.78. The first kappa shape index (κ1) is 24.2. The lowest BCUT2D eigenvalue weighted by Gasteiger charge is -2.18. The standard InChI is InChI=1S/C23H17F5N4O3/c1-9-11(23(26,27)28)8-31-22(35-16-4-3-12(24)19(25)10(16)2)17(9)14-7-15(33)18-13(32-14)5-6-30-20(18)21(29)34/h3-8,21,34H,29H2,1-2H3,(H,32,33). The van der Waals surface area contributed by atoms with Gasteiger partial charge in [0, 0.05) is 24.0 Å². The first-order valence-corrected chi connectivity index (χ1v) is 10.0. The second kappa shape index (κ2) is 8.71. The molecular formula is C23H17F5N4O3. The molecule has 0 bridgehead atoms. The quantitative estimate of drug-likeness (QED) is 0.283. The molecule has 0 saturated carbocycles. The number of ether oxygens (including phenoxy) is 1. The summed E-state index contributed by atoms with van der Waals surface area (Å²) in [5.41, 5.74) is 2.82. The second-order valence-electron chi connectivity index (χ2n) is 7.67.